The first-order valence-electron chi connectivity index (χ1n) is 14.8. The summed E-state index contributed by atoms with van der Waals surface area (Å²) in [4.78, 5) is 46.6. The van der Waals surface area contributed by atoms with Gasteiger partial charge >= 0.3 is 0 Å². The molecule has 0 radical (unpaired) electrons. The summed E-state index contributed by atoms with van der Waals surface area (Å²) < 4.78 is 0. The molecule has 0 spiro atoms. The van der Waals surface area contributed by atoms with Gasteiger partial charge in [-0.3, -0.25) is 4.79 Å². The minimum absolute atomic E-state index is 0.145. The fourth-order valence-electron chi connectivity index (χ4n) is 6.35. The molecule has 222 valence electrons. The number of aryl methyl sites for hydroxylation is 1. The van der Waals surface area contributed by atoms with E-state index >= 15 is 0 Å². The van der Waals surface area contributed by atoms with E-state index in [4.69, 9.17) is 31.6 Å². The molecule has 0 unspecified atom stereocenters. The normalized spacial score (nSPS) is 12.6. The van der Waals surface area contributed by atoms with Crippen LogP contribution in [0.2, 0.25) is 0 Å². The Morgan fingerprint density at radius 3 is 1.46 bits per heavy atom. The van der Waals surface area contributed by atoms with Crippen LogP contribution in [0.15, 0.2) is 105 Å². The molecule has 4 aromatic heterocycles. The zero-order valence-corrected chi connectivity index (χ0v) is 25.1. The van der Waals surface area contributed by atoms with E-state index in [0.29, 0.717) is 50.9 Å². The lowest BCUT2D eigenvalue weighted by molar-refractivity contribution is -0.113. The van der Waals surface area contributed by atoms with E-state index in [1.807, 2.05) is 91.9 Å². The summed E-state index contributed by atoms with van der Waals surface area (Å²) in [6.45, 7) is 1.95. The van der Waals surface area contributed by atoms with Crippen LogP contribution in [0.25, 0.3) is 43.1 Å². The predicted octanol–water partition coefficient (Wildman–Crippen LogP) is 6.22. The van der Waals surface area contributed by atoms with E-state index in [9.17, 15) is 4.79 Å². The van der Waals surface area contributed by atoms with Gasteiger partial charge < -0.3 is 25.3 Å². The smallest absolute Gasteiger partial charge is 0.239 e. The lowest BCUT2D eigenvalue weighted by Gasteiger charge is -2.08. The van der Waals surface area contributed by atoms with Crippen LogP contribution in [0.3, 0.4) is 0 Å². The maximum atomic E-state index is 12.3. The van der Waals surface area contributed by atoms with Crippen molar-refractivity contribution in [3.8, 4) is 0 Å². The summed E-state index contributed by atoms with van der Waals surface area (Å²) in [6.07, 6.45) is 0. The van der Waals surface area contributed by atoms with Gasteiger partial charge in [0.05, 0.1) is 0 Å². The summed E-state index contributed by atoms with van der Waals surface area (Å²) >= 11 is 5.82. The Balaban J connectivity index is 1.46. The van der Waals surface area contributed by atoms with Crippen LogP contribution < -0.4 is 27.3 Å². The molecule has 10 nitrogen and oxygen atoms in total. The number of benzene rings is 4. The van der Waals surface area contributed by atoms with E-state index in [1.54, 1.807) is 0 Å². The van der Waals surface area contributed by atoms with Crippen molar-refractivity contribution < 1.29 is 4.79 Å². The summed E-state index contributed by atoms with van der Waals surface area (Å²) in [7, 11) is 0. The maximum absolute atomic E-state index is 12.3. The number of hydrogen-bond acceptors (Lipinski definition) is 5. The largest absolute Gasteiger partial charge is 0.325 e. The standard InChI is InChI=1S/C35H24ClN9O/c1-17-25(37-26(46)16-36)15-14-24-27(17)35-44-33-23-13-7-6-12-22(23)31(42-33)40-29-19-9-3-2-8-18(19)28(38-29)39-30-20-10-4-5-11-21(20)32(41-30)43-34(24)45-35/h2-15H,16H2,1H3,(H,37,46)(H4,38,39,40,41,42,43,44,45). The van der Waals surface area contributed by atoms with Crippen molar-refractivity contribution in [2.75, 3.05) is 11.2 Å². The summed E-state index contributed by atoms with van der Waals surface area (Å²) in [5.41, 5.74) is 4.12. The highest BCUT2D eigenvalue weighted by molar-refractivity contribution is 6.29. The first-order chi connectivity index (χ1) is 22.6. The third-order valence-corrected chi connectivity index (χ3v) is 8.75. The molecule has 9 rings (SSSR count). The second kappa shape index (κ2) is 10.0. The summed E-state index contributed by atoms with van der Waals surface area (Å²) in [6, 6.07) is 27.9. The number of nitrogens with zero attached hydrogens (tertiary/aromatic N) is 4. The first-order valence-corrected chi connectivity index (χ1v) is 15.3. The second-order valence-corrected chi connectivity index (χ2v) is 11.5. The zero-order valence-electron chi connectivity index (χ0n) is 24.4. The van der Waals surface area contributed by atoms with Gasteiger partial charge in [-0.2, -0.15) is 0 Å². The number of carbonyl (C=O) groups excluding carboxylic acids is 1. The van der Waals surface area contributed by atoms with Gasteiger partial charge in [-0.1, -0.05) is 72.8 Å². The molecule has 1 aliphatic rings. The number of anilines is 1. The van der Waals surface area contributed by atoms with Gasteiger partial charge in [0.1, 0.15) is 51.1 Å². The number of fused-ring (bicyclic) bond motifs is 20. The number of amides is 1. The van der Waals surface area contributed by atoms with E-state index in [2.05, 4.69) is 25.3 Å². The van der Waals surface area contributed by atoms with Crippen LogP contribution in [0.5, 0.6) is 0 Å². The molecule has 0 aliphatic carbocycles. The lowest BCUT2D eigenvalue weighted by atomic mass is 10.1. The number of carbonyl (C=O) groups is 1. The number of hydrogen-bond donors (Lipinski definition) is 5. The van der Waals surface area contributed by atoms with Gasteiger partial charge in [-0.25, -0.2) is 20.0 Å². The summed E-state index contributed by atoms with van der Waals surface area (Å²) in [5.74, 6) is 2.15. The highest BCUT2D eigenvalue weighted by Crippen LogP contribution is 2.39. The highest BCUT2D eigenvalue weighted by atomic mass is 35.5. The fourth-order valence-corrected chi connectivity index (χ4v) is 6.42. The maximum Gasteiger partial charge on any atom is 0.239 e. The van der Waals surface area contributed by atoms with Crippen molar-refractivity contribution in [1.82, 2.24) is 19.9 Å². The van der Waals surface area contributed by atoms with Gasteiger partial charge in [0, 0.05) is 48.8 Å². The van der Waals surface area contributed by atoms with Gasteiger partial charge in [-0.15, -0.1) is 11.6 Å². The Morgan fingerprint density at radius 2 is 0.978 bits per heavy atom. The molecule has 0 saturated heterocycles. The van der Waals surface area contributed by atoms with Crippen LogP contribution in [0.1, 0.15) is 5.56 Å². The molecule has 5 heterocycles. The van der Waals surface area contributed by atoms with Gasteiger partial charge in [0.25, 0.3) is 0 Å². The number of alkyl halides is 1. The number of H-pyrrole nitrogens is 4. The Kier molecular flexibility index (Phi) is 5.75. The molecule has 0 saturated carbocycles. The Morgan fingerprint density at radius 1 is 0.565 bits per heavy atom. The Labute approximate surface area is 264 Å². The number of aromatic nitrogens is 4. The molecule has 4 aromatic carbocycles. The minimum Gasteiger partial charge on any atom is -0.325 e. The predicted molar refractivity (Wildman–Crippen MR) is 181 cm³/mol. The molecule has 0 atom stereocenters. The quantitative estimate of drug-likeness (QED) is 0.144. The third kappa shape index (κ3) is 4.00. The molecule has 8 aromatic rings. The fraction of sp³-hybridized carbons (Fsp3) is 0.0571. The molecule has 11 heteroatoms. The summed E-state index contributed by atoms with van der Waals surface area (Å²) in [5, 5.41) is 10.2. The van der Waals surface area contributed by atoms with Crippen molar-refractivity contribution in [2.45, 2.75) is 6.92 Å². The molecule has 5 N–H and O–H groups in total. The highest BCUT2D eigenvalue weighted by Gasteiger charge is 2.18. The number of nitrogens with one attached hydrogen (secondary N) is 5. The number of halogens is 1. The van der Waals surface area contributed by atoms with Gasteiger partial charge in [0.15, 0.2) is 0 Å². The molecule has 1 aliphatic heterocycles. The topological polar surface area (TPSA) is 142 Å². The Bertz CT molecular complexity index is 2810. The van der Waals surface area contributed by atoms with Crippen molar-refractivity contribution >= 4 is 89.6 Å². The van der Waals surface area contributed by atoms with E-state index in [-0.39, 0.29) is 11.8 Å². The molecule has 1 amide bonds. The van der Waals surface area contributed by atoms with Crippen molar-refractivity contribution in [2.24, 2.45) is 20.0 Å². The third-order valence-electron chi connectivity index (χ3n) is 8.51. The van der Waals surface area contributed by atoms with Crippen molar-refractivity contribution in [3.63, 3.8) is 0 Å². The van der Waals surface area contributed by atoms with Crippen LogP contribution in [-0.4, -0.2) is 31.7 Å². The van der Waals surface area contributed by atoms with Gasteiger partial charge in [0.2, 0.25) is 5.91 Å². The zero-order chi connectivity index (χ0) is 30.9. The van der Waals surface area contributed by atoms with E-state index in [0.717, 1.165) is 48.7 Å². The molecule has 46 heavy (non-hydrogen) atoms. The van der Waals surface area contributed by atoms with Crippen molar-refractivity contribution in [3.05, 3.63) is 112 Å². The van der Waals surface area contributed by atoms with Crippen LogP contribution in [0, 0.1) is 6.92 Å². The van der Waals surface area contributed by atoms with Crippen LogP contribution in [-0.2, 0) is 4.79 Å². The monoisotopic (exact) mass is 621 g/mol. The average Bonchev–Trinajstić information content (AvgIpc) is 3.81. The first kappa shape index (κ1) is 26.4. The van der Waals surface area contributed by atoms with Crippen LogP contribution >= 0.6 is 11.6 Å². The number of aromatic amines is 4. The SMILES string of the molecule is Cc1c(NC(=O)CCl)ccc2c3[nH]c(c12)N=c1[nH]c(c2ccccc12)=Nc1[nH]c(c2ccccc12)N=c1[nH]c(c2ccccc12)=N3. The lowest BCUT2D eigenvalue weighted by Crippen LogP contribution is -2.13. The van der Waals surface area contributed by atoms with E-state index < -0.39 is 0 Å². The van der Waals surface area contributed by atoms with E-state index in [1.165, 1.54) is 0 Å². The molecular formula is C35H24ClN9O. The van der Waals surface area contributed by atoms with Crippen LogP contribution in [0.4, 0.5) is 29.0 Å². The minimum atomic E-state index is -0.288. The molecule has 0 fully saturated rings. The molecule has 8 bridgehead atoms. The average molecular weight is 622 g/mol. The van der Waals surface area contributed by atoms with Crippen molar-refractivity contribution in [1.29, 1.82) is 0 Å². The molecular weight excluding hydrogens is 598 g/mol. The second-order valence-electron chi connectivity index (χ2n) is 11.2. The Hall–Kier alpha value is -6.00. The number of rotatable bonds is 2. The van der Waals surface area contributed by atoms with Gasteiger partial charge in [-0.05, 0) is 24.6 Å².